The normalized spacial score (nSPS) is 18.6. The molecule has 1 aliphatic heterocycles. The van der Waals surface area contributed by atoms with Gasteiger partial charge in [-0.15, -0.1) is 0 Å². The van der Waals surface area contributed by atoms with Gasteiger partial charge in [0.15, 0.2) is 0 Å². The van der Waals surface area contributed by atoms with Crippen molar-refractivity contribution in [2.45, 2.75) is 18.9 Å². The van der Waals surface area contributed by atoms with Gasteiger partial charge in [0.25, 0.3) is 0 Å². The summed E-state index contributed by atoms with van der Waals surface area (Å²) in [5.74, 6) is 0.986. The zero-order valence-corrected chi connectivity index (χ0v) is 9.64. The molecular weight excluding hydrogens is 200 g/mol. The molecule has 2 rings (SSSR count). The van der Waals surface area contributed by atoms with Crippen LogP contribution in [0.4, 0.5) is 0 Å². The quantitative estimate of drug-likeness (QED) is 0.835. The maximum atomic E-state index is 5.92. The van der Waals surface area contributed by atoms with Gasteiger partial charge >= 0.3 is 0 Å². The highest BCUT2D eigenvalue weighted by Gasteiger charge is 2.19. The standard InChI is InChI=1S/C13H20N2O/c14-8-11-15-9-6-13(7-10-15)16-12-4-2-1-3-5-12/h1-5,13H,6-11,14H2. The van der Waals surface area contributed by atoms with E-state index in [1.807, 2.05) is 30.3 Å². The smallest absolute Gasteiger partial charge is 0.119 e. The van der Waals surface area contributed by atoms with Gasteiger partial charge in [-0.05, 0) is 25.0 Å². The van der Waals surface area contributed by atoms with E-state index in [-0.39, 0.29) is 0 Å². The van der Waals surface area contributed by atoms with E-state index in [0.717, 1.165) is 44.8 Å². The second kappa shape index (κ2) is 5.87. The zero-order valence-electron chi connectivity index (χ0n) is 9.64. The number of piperidine rings is 1. The fourth-order valence-corrected chi connectivity index (χ4v) is 2.12. The maximum Gasteiger partial charge on any atom is 0.119 e. The monoisotopic (exact) mass is 220 g/mol. The van der Waals surface area contributed by atoms with Crippen molar-refractivity contribution < 1.29 is 4.74 Å². The van der Waals surface area contributed by atoms with Gasteiger partial charge in [-0.25, -0.2) is 0 Å². The Hall–Kier alpha value is -1.06. The highest BCUT2D eigenvalue weighted by Crippen LogP contribution is 2.18. The number of para-hydroxylation sites is 1. The Bertz CT molecular complexity index is 294. The number of likely N-dealkylation sites (tertiary alicyclic amines) is 1. The first-order chi connectivity index (χ1) is 7.88. The molecule has 1 saturated heterocycles. The molecule has 0 radical (unpaired) electrons. The van der Waals surface area contributed by atoms with Crippen LogP contribution in [-0.2, 0) is 0 Å². The molecule has 1 aliphatic rings. The van der Waals surface area contributed by atoms with E-state index in [9.17, 15) is 0 Å². The van der Waals surface area contributed by atoms with E-state index in [1.54, 1.807) is 0 Å². The van der Waals surface area contributed by atoms with Gasteiger partial charge in [0.1, 0.15) is 11.9 Å². The van der Waals surface area contributed by atoms with E-state index in [4.69, 9.17) is 10.5 Å². The van der Waals surface area contributed by atoms with Crippen molar-refractivity contribution in [1.82, 2.24) is 4.90 Å². The molecule has 0 spiro atoms. The summed E-state index contributed by atoms with van der Waals surface area (Å²) in [5, 5.41) is 0. The van der Waals surface area contributed by atoms with E-state index in [1.165, 1.54) is 0 Å². The number of hydrogen-bond acceptors (Lipinski definition) is 3. The molecule has 1 aromatic carbocycles. The summed E-state index contributed by atoms with van der Waals surface area (Å²) in [6, 6.07) is 10.1. The first kappa shape index (κ1) is 11.4. The largest absolute Gasteiger partial charge is 0.490 e. The molecule has 0 saturated carbocycles. The van der Waals surface area contributed by atoms with Crippen molar-refractivity contribution in [2.24, 2.45) is 5.73 Å². The molecule has 0 atom stereocenters. The molecule has 3 nitrogen and oxygen atoms in total. The number of benzene rings is 1. The summed E-state index contributed by atoms with van der Waals surface area (Å²) < 4.78 is 5.92. The van der Waals surface area contributed by atoms with Crippen molar-refractivity contribution in [3.63, 3.8) is 0 Å². The first-order valence-corrected chi connectivity index (χ1v) is 6.02. The van der Waals surface area contributed by atoms with Gasteiger partial charge in [-0.1, -0.05) is 18.2 Å². The average Bonchev–Trinajstić information content (AvgIpc) is 2.33. The summed E-state index contributed by atoms with van der Waals surface area (Å²) in [7, 11) is 0. The average molecular weight is 220 g/mol. The minimum Gasteiger partial charge on any atom is -0.490 e. The molecule has 1 fully saturated rings. The van der Waals surface area contributed by atoms with Crippen LogP contribution in [0.2, 0.25) is 0 Å². The lowest BCUT2D eigenvalue weighted by Crippen LogP contribution is -2.40. The van der Waals surface area contributed by atoms with Crippen LogP contribution in [-0.4, -0.2) is 37.2 Å². The molecule has 16 heavy (non-hydrogen) atoms. The fraction of sp³-hybridized carbons (Fsp3) is 0.538. The van der Waals surface area contributed by atoms with E-state index in [2.05, 4.69) is 4.90 Å². The summed E-state index contributed by atoms with van der Waals surface area (Å²) in [5.41, 5.74) is 5.54. The molecule has 3 heteroatoms. The van der Waals surface area contributed by atoms with E-state index < -0.39 is 0 Å². The topological polar surface area (TPSA) is 38.5 Å². The minimum atomic E-state index is 0.372. The molecule has 0 unspecified atom stereocenters. The van der Waals surface area contributed by atoms with Crippen LogP contribution in [0.3, 0.4) is 0 Å². The third-order valence-corrected chi connectivity index (χ3v) is 3.03. The Labute approximate surface area is 97.2 Å². The molecule has 1 aromatic rings. The molecule has 0 aromatic heterocycles. The second-order valence-corrected chi connectivity index (χ2v) is 4.26. The Morgan fingerprint density at radius 3 is 2.50 bits per heavy atom. The van der Waals surface area contributed by atoms with Gasteiger partial charge < -0.3 is 15.4 Å². The number of ether oxygens (including phenoxy) is 1. The minimum absolute atomic E-state index is 0.372. The van der Waals surface area contributed by atoms with Crippen LogP contribution in [0.15, 0.2) is 30.3 Å². The van der Waals surface area contributed by atoms with Crippen LogP contribution in [0.25, 0.3) is 0 Å². The number of nitrogens with two attached hydrogens (primary N) is 1. The van der Waals surface area contributed by atoms with Gasteiger partial charge in [0.2, 0.25) is 0 Å². The lowest BCUT2D eigenvalue weighted by atomic mass is 10.1. The SMILES string of the molecule is NCCN1CCC(Oc2ccccc2)CC1. The molecular formula is C13H20N2O. The first-order valence-electron chi connectivity index (χ1n) is 6.02. The lowest BCUT2D eigenvalue weighted by molar-refractivity contribution is 0.102. The molecule has 0 bridgehead atoms. The Morgan fingerprint density at radius 1 is 1.19 bits per heavy atom. The summed E-state index contributed by atoms with van der Waals surface area (Å²) in [6.45, 7) is 3.98. The van der Waals surface area contributed by atoms with Crippen molar-refractivity contribution in [2.75, 3.05) is 26.2 Å². The predicted molar refractivity (Wildman–Crippen MR) is 65.6 cm³/mol. The number of rotatable bonds is 4. The molecule has 0 aliphatic carbocycles. The Balaban J connectivity index is 1.77. The van der Waals surface area contributed by atoms with Crippen LogP contribution in [0.5, 0.6) is 5.75 Å². The van der Waals surface area contributed by atoms with Crippen molar-refractivity contribution in [1.29, 1.82) is 0 Å². The zero-order chi connectivity index (χ0) is 11.2. The van der Waals surface area contributed by atoms with Crippen molar-refractivity contribution in [3.05, 3.63) is 30.3 Å². The van der Waals surface area contributed by atoms with Crippen molar-refractivity contribution in [3.8, 4) is 5.75 Å². The third-order valence-electron chi connectivity index (χ3n) is 3.03. The summed E-state index contributed by atoms with van der Waals surface area (Å²) in [6.07, 6.45) is 2.58. The van der Waals surface area contributed by atoms with Crippen LogP contribution in [0.1, 0.15) is 12.8 Å². The summed E-state index contributed by atoms with van der Waals surface area (Å²) in [4.78, 5) is 2.41. The Morgan fingerprint density at radius 2 is 1.88 bits per heavy atom. The van der Waals surface area contributed by atoms with Gasteiger partial charge in [0, 0.05) is 26.2 Å². The Kier molecular flexibility index (Phi) is 4.19. The third kappa shape index (κ3) is 3.22. The summed E-state index contributed by atoms with van der Waals surface area (Å²) >= 11 is 0. The highest BCUT2D eigenvalue weighted by atomic mass is 16.5. The highest BCUT2D eigenvalue weighted by molar-refractivity contribution is 5.21. The van der Waals surface area contributed by atoms with Gasteiger partial charge in [0.05, 0.1) is 0 Å². The van der Waals surface area contributed by atoms with Crippen molar-refractivity contribution >= 4 is 0 Å². The molecule has 88 valence electrons. The van der Waals surface area contributed by atoms with Gasteiger partial charge in [-0.2, -0.15) is 0 Å². The molecule has 0 amide bonds. The number of hydrogen-bond donors (Lipinski definition) is 1. The second-order valence-electron chi connectivity index (χ2n) is 4.26. The van der Waals surface area contributed by atoms with Crippen LogP contribution >= 0.6 is 0 Å². The predicted octanol–water partition coefficient (Wildman–Crippen LogP) is 1.49. The number of nitrogens with zero attached hydrogens (tertiary/aromatic N) is 1. The van der Waals surface area contributed by atoms with Gasteiger partial charge in [-0.3, -0.25) is 0 Å². The molecule has 1 heterocycles. The van der Waals surface area contributed by atoms with E-state index in [0.29, 0.717) is 6.10 Å². The fourth-order valence-electron chi connectivity index (χ4n) is 2.12. The van der Waals surface area contributed by atoms with Crippen LogP contribution in [0, 0.1) is 0 Å². The van der Waals surface area contributed by atoms with E-state index >= 15 is 0 Å². The molecule has 2 N–H and O–H groups in total. The van der Waals surface area contributed by atoms with Crippen LogP contribution < -0.4 is 10.5 Å². The maximum absolute atomic E-state index is 5.92. The lowest BCUT2D eigenvalue weighted by Gasteiger charge is -2.31.